The molecule has 84 valence electrons. The summed E-state index contributed by atoms with van der Waals surface area (Å²) in [6.07, 6.45) is 3.28. The third kappa shape index (κ3) is 2.49. The molecule has 0 saturated carbocycles. The highest BCUT2D eigenvalue weighted by Crippen LogP contribution is 2.15. The standard InChI is InChI=1S/C11H14N4S/c1-2-15(8-10-4-3-5-16-10)11-13-6-9(12)7-14-11/h3-7H,2,8,12H2,1H3. The van der Waals surface area contributed by atoms with Crippen LogP contribution >= 0.6 is 11.3 Å². The molecule has 0 aliphatic carbocycles. The Balaban J connectivity index is 2.13. The van der Waals surface area contributed by atoms with E-state index in [0.717, 1.165) is 19.0 Å². The number of aromatic nitrogens is 2. The Morgan fingerprint density at radius 2 is 2.12 bits per heavy atom. The van der Waals surface area contributed by atoms with Gasteiger partial charge >= 0.3 is 0 Å². The van der Waals surface area contributed by atoms with Crippen LogP contribution in [0.25, 0.3) is 0 Å². The van der Waals surface area contributed by atoms with Gasteiger partial charge in [0.2, 0.25) is 5.95 Å². The number of nitrogens with zero attached hydrogens (tertiary/aromatic N) is 3. The van der Waals surface area contributed by atoms with Crippen molar-refractivity contribution in [1.29, 1.82) is 0 Å². The predicted molar refractivity (Wildman–Crippen MR) is 67.5 cm³/mol. The van der Waals surface area contributed by atoms with Crippen molar-refractivity contribution in [2.24, 2.45) is 0 Å². The molecule has 2 N–H and O–H groups in total. The van der Waals surface area contributed by atoms with Crippen LogP contribution < -0.4 is 10.6 Å². The third-order valence-electron chi connectivity index (χ3n) is 2.25. The maximum atomic E-state index is 5.56. The maximum Gasteiger partial charge on any atom is 0.225 e. The third-order valence-corrected chi connectivity index (χ3v) is 3.11. The van der Waals surface area contributed by atoms with Crippen molar-refractivity contribution in [2.45, 2.75) is 13.5 Å². The van der Waals surface area contributed by atoms with Gasteiger partial charge in [-0.2, -0.15) is 0 Å². The summed E-state index contributed by atoms with van der Waals surface area (Å²) in [6, 6.07) is 4.17. The second kappa shape index (κ2) is 4.94. The zero-order chi connectivity index (χ0) is 11.4. The molecule has 0 spiro atoms. The van der Waals surface area contributed by atoms with Crippen molar-refractivity contribution in [3.05, 3.63) is 34.8 Å². The first-order valence-electron chi connectivity index (χ1n) is 5.14. The minimum atomic E-state index is 0.593. The van der Waals surface area contributed by atoms with Crippen molar-refractivity contribution in [2.75, 3.05) is 17.2 Å². The van der Waals surface area contributed by atoms with E-state index in [1.165, 1.54) is 4.88 Å². The molecule has 0 aliphatic heterocycles. The van der Waals surface area contributed by atoms with E-state index in [9.17, 15) is 0 Å². The number of hydrogen-bond acceptors (Lipinski definition) is 5. The molecule has 0 amide bonds. The van der Waals surface area contributed by atoms with E-state index >= 15 is 0 Å². The van der Waals surface area contributed by atoms with Gasteiger partial charge in [-0.25, -0.2) is 9.97 Å². The van der Waals surface area contributed by atoms with E-state index < -0.39 is 0 Å². The average molecular weight is 234 g/mol. The highest BCUT2D eigenvalue weighted by atomic mass is 32.1. The Morgan fingerprint density at radius 1 is 1.38 bits per heavy atom. The molecule has 0 fully saturated rings. The van der Waals surface area contributed by atoms with Gasteiger partial charge in [-0.05, 0) is 18.4 Å². The monoisotopic (exact) mass is 234 g/mol. The zero-order valence-electron chi connectivity index (χ0n) is 9.13. The van der Waals surface area contributed by atoms with Crippen LogP contribution in [0.1, 0.15) is 11.8 Å². The van der Waals surface area contributed by atoms with Gasteiger partial charge in [0.25, 0.3) is 0 Å². The summed E-state index contributed by atoms with van der Waals surface area (Å²) in [5, 5.41) is 2.08. The molecule has 2 aromatic heterocycles. The Kier molecular flexibility index (Phi) is 3.36. The summed E-state index contributed by atoms with van der Waals surface area (Å²) >= 11 is 1.74. The lowest BCUT2D eigenvalue weighted by Crippen LogP contribution is -2.23. The highest BCUT2D eigenvalue weighted by Gasteiger charge is 2.08. The van der Waals surface area contributed by atoms with Crippen LogP contribution in [0.2, 0.25) is 0 Å². The largest absolute Gasteiger partial charge is 0.396 e. The van der Waals surface area contributed by atoms with E-state index in [2.05, 4.69) is 39.3 Å². The first kappa shape index (κ1) is 10.9. The lowest BCUT2D eigenvalue weighted by molar-refractivity contribution is 0.800. The Labute approximate surface area is 98.8 Å². The van der Waals surface area contributed by atoms with Crippen molar-refractivity contribution in [3.8, 4) is 0 Å². The quantitative estimate of drug-likeness (QED) is 0.880. The first-order chi connectivity index (χ1) is 7.79. The zero-order valence-corrected chi connectivity index (χ0v) is 9.94. The van der Waals surface area contributed by atoms with Gasteiger partial charge < -0.3 is 10.6 Å². The maximum absolute atomic E-state index is 5.56. The van der Waals surface area contributed by atoms with Gasteiger partial charge in [-0.15, -0.1) is 11.3 Å². The molecule has 2 heterocycles. The van der Waals surface area contributed by atoms with Crippen LogP contribution in [0, 0.1) is 0 Å². The molecule has 0 aliphatic rings. The molecule has 0 aromatic carbocycles. The molecule has 0 bridgehead atoms. The Hall–Kier alpha value is -1.62. The molecular weight excluding hydrogens is 220 g/mol. The van der Waals surface area contributed by atoms with E-state index in [1.807, 2.05) is 0 Å². The Bertz CT molecular complexity index is 424. The fourth-order valence-corrected chi connectivity index (χ4v) is 2.13. The number of rotatable bonds is 4. The minimum Gasteiger partial charge on any atom is -0.396 e. The van der Waals surface area contributed by atoms with Crippen LogP contribution in [-0.4, -0.2) is 16.5 Å². The molecule has 16 heavy (non-hydrogen) atoms. The number of thiophene rings is 1. The fraction of sp³-hybridized carbons (Fsp3) is 0.273. The van der Waals surface area contributed by atoms with Crippen LogP contribution in [0.4, 0.5) is 11.6 Å². The summed E-state index contributed by atoms with van der Waals surface area (Å²) in [5.41, 5.74) is 6.16. The summed E-state index contributed by atoms with van der Waals surface area (Å²) in [6.45, 7) is 3.81. The van der Waals surface area contributed by atoms with Crippen molar-refractivity contribution >= 4 is 23.0 Å². The van der Waals surface area contributed by atoms with Crippen LogP contribution in [0.3, 0.4) is 0 Å². The molecule has 0 unspecified atom stereocenters. The average Bonchev–Trinajstić information content (AvgIpc) is 2.80. The van der Waals surface area contributed by atoms with E-state index in [1.54, 1.807) is 23.7 Å². The minimum absolute atomic E-state index is 0.593. The summed E-state index contributed by atoms with van der Waals surface area (Å²) in [4.78, 5) is 11.9. The van der Waals surface area contributed by atoms with E-state index in [-0.39, 0.29) is 0 Å². The lowest BCUT2D eigenvalue weighted by atomic mass is 10.4. The number of nitrogens with two attached hydrogens (primary N) is 1. The Morgan fingerprint density at radius 3 is 2.69 bits per heavy atom. The summed E-state index contributed by atoms with van der Waals surface area (Å²) < 4.78 is 0. The number of hydrogen-bond donors (Lipinski definition) is 1. The van der Waals surface area contributed by atoms with Crippen LogP contribution in [0.15, 0.2) is 29.9 Å². The fourth-order valence-electron chi connectivity index (χ4n) is 1.41. The topological polar surface area (TPSA) is 55.0 Å². The molecule has 4 nitrogen and oxygen atoms in total. The molecule has 0 radical (unpaired) electrons. The molecule has 0 atom stereocenters. The van der Waals surface area contributed by atoms with Crippen molar-refractivity contribution in [3.63, 3.8) is 0 Å². The van der Waals surface area contributed by atoms with Gasteiger partial charge in [-0.3, -0.25) is 0 Å². The number of nitrogen functional groups attached to an aromatic ring is 1. The lowest BCUT2D eigenvalue weighted by Gasteiger charge is -2.19. The van der Waals surface area contributed by atoms with Crippen LogP contribution in [0.5, 0.6) is 0 Å². The molecular formula is C11H14N4S. The SMILES string of the molecule is CCN(Cc1cccs1)c1ncc(N)cn1. The second-order valence-electron chi connectivity index (χ2n) is 3.41. The van der Waals surface area contributed by atoms with Gasteiger partial charge in [0.05, 0.1) is 24.6 Å². The predicted octanol–water partition coefficient (Wildman–Crippen LogP) is 2.15. The second-order valence-corrected chi connectivity index (χ2v) is 4.44. The van der Waals surface area contributed by atoms with E-state index in [4.69, 9.17) is 5.73 Å². The highest BCUT2D eigenvalue weighted by molar-refractivity contribution is 7.09. The first-order valence-corrected chi connectivity index (χ1v) is 6.02. The normalized spacial score (nSPS) is 10.3. The molecule has 2 rings (SSSR count). The smallest absolute Gasteiger partial charge is 0.225 e. The van der Waals surface area contributed by atoms with Gasteiger partial charge in [0.1, 0.15) is 0 Å². The van der Waals surface area contributed by atoms with Crippen molar-refractivity contribution in [1.82, 2.24) is 9.97 Å². The summed E-state index contributed by atoms with van der Waals surface area (Å²) in [5.74, 6) is 0.727. The number of anilines is 2. The summed E-state index contributed by atoms with van der Waals surface area (Å²) in [7, 11) is 0. The van der Waals surface area contributed by atoms with Gasteiger partial charge in [0.15, 0.2) is 0 Å². The van der Waals surface area contributed by atoms with Gasteiger partial charge in [0, 0.05) is 11.4 Å². The molecule has 0 saturated heterocycles. The molecule has 5 heteroatoms. The van der Waals surface area contributed by atoms with E-state index in [0.29, 0.717) is 5.69 Å². The van der Waals surface area contributed by atoms with Crippen molar-refractivity contribution < 1.29 is 0 Å². The molecule has 2 aromatic rings. The van der Waals surface area contributed by atoms with Crippen LogP contribution in [-0.2, 0) is 6.54 Å². The van der Waals surface area contributed by atoms with Gasteiger partial charge in [-0.1, -0.05) is 6.07 Å².